The van der Waals surface area contributed by atoms with Gasteiger partial charge in [-0.3, -0.25) is 19.2 Å². The highest BCUT2D eigenvalue weighted by Gasteiger charge is 2.53. The molecule has 3 heterocycles. The van der Waals surface area contributed by atoms with Crippen molar-refractivity contribution in [3.8, 4) is 0 Å². The lowest BCUT2D eigenvalue weighted by Crippen LogP contribution is -2.59. The molecule has 4 aliphatic rings. The van der Waals surface area contributed by atoms with Crippen molar-refractivity contribution in [3.05, 3.63) is 47.6 Å². The molecule has 13 nitrogen and oxygen atoms in total. The van der Waals surface area contributed by atoms with Gasteiger partial charge in [0, 0.05) is 43.6 Å². The van der Waals surface area contributed by atoms with Crippen LogP contribution < -0.4 is 0 Å². The van der Waals surface area contributed by atoms with E-state index in [2.05, 4.69) is 0 Å². The van der Waals surface area contributed by atoms with Crippen LogP contribution in [0.5, 0.6) is 0 Å². The number of allylic oxidation sites excluding steroid dienone is 6. The topological polar surface area (TPSA) is 208 Å². The zero-order valence-electron chi connectivity index (χ0n) is 36.7. The Hall–Kier alpha value is -3.33. The summed E-state index contributed by atoms with van der Waals surface area (Å²) in [6, 6.07) is -1.15. The summed E-state index contributed by atoms with van der Waals surface area (Å²) >= 11 is 0. The molecule has 0 aromatic carbocycles. The Morgan fingerprint density at radius 2 is 1.52 bits per heavy atom. The van der Waals surface area contributed by atoms with Crippen LogP contribution in [0.25, 0.3) is 0 Å². The zero-order valence-corrected chi connectivity index (χ0v) is 36.7. The smallest absolute Gasteiger partial charge is 0.329 e. The molecule has 1 saturated carbocycles. The third-order valence-electron chi connectivity index (χ3n) is 13.4. The molecule has 2 saturated heterocycles. The fourth-order valence-electron chi connectivity index (χ4n) is 9.11. The van der Waals surface area contributed by atoms with Gasteiger partial charge in [-0.15, -0.1) is 0 Å². The number of carbonyl (C=O) groups excluding carboxylic acids is 5. The Morgan fingerprint density at radius 3 is 2.22 bits per heavy atom. The van der Waals surface area contributed by atoms with Gasteiger partial charge in [0.1, 0.15) is 23.7 Å². The van der Waals surface area contributed by atoms with Gasteiger partial charge in [0.05, 0.1) is 30.5 Å². The van der Waals surface area contributed by atoms with E-state index in [1.807, 2.05) is 39.0 Å². The second-order valence-electron chi connectivity index (χ2n) is 18.5. The van der Waals surface area contributed by atoms with E-state index in [-0.39, 0.29) is 67.5 Å². The lowest BCUT2D eigenvalue weighted by atomic mass is 9.78. The first kappa shape index (κ1) is 49.3. The van der Waals surface area contributed by atoms with Crippen LogP contribution in [0.15, 0.2) is 47.6 Å². The predicted molar refractivity (Wildman–Crippen MR) is 225 cm³/mol. The minimum atomic E-state index is -2.48. The first-order chi connectivity index (χ1) is 28.2. The maximum absolute atomic E-state index is 14.0. The number of aliphatic hydroxyl groups excluding tert-OH is 4. The van der Waals surface area contributed by atoms with E-state index in [0.29, 0.717) is 62.5 Å². The molecular weight excluding hydrogens is 771 g/mol. The van der Waals surface area contributed by atoms with Gasteiger partial charge in [0.25, 0.3) is 11.7 Å². The quantitative estimate of drug-likeness (QED) is 0.147. The number of hydrogen-bond acceptors (Lipinski definition) is 12. The summed E-state index contributed by atoms with van der Waals surface area (Å²) in [6.45, 7) is 12.5. The van der Waals surface area contributed by atoms with Gasteiger partial charge in [0.15, 0.2) is 0 Å². The number of fused-ring (bicyclic) bond motifs is 3. The standard InChI is InChI=1S/C47H71NO12/c1-27-12-9-8-10-13-28(2)38(50)24-35-17-15-33(7)47(58,60-35)44(55)45(56)48-19-11-14-36(48)46(57)59-43(32(6)22-34-16-18-37(49)42(54)23-34)26-41(53)31(5)21-30(4)40(52)25-39(51)29(3)20-27/h8-10,12-13,21,27,29,31-38,40,42-43,49-50,52,54,58H,11,14-20,22-26H2,1-7H3/b10-8+,12-9+,28-13+,30-21+/t27-,29-,31-,32-,33-,34+,35+,36?,37-,38+,40+,42-,43+,47-/m1/s1. The molecule has 1 unspecified atom stereocenters. The molecule has 1 amide bonds. The summed E-state index contributed by atoms with van der Waals surface area (Å²) in [5.41, 5.74) is 1.10. The van der Waals surface area contributed by atoms with E-state index in [1.165, 1.54) is 0 Å². The van der Waals surface area contributed by atoms with E-state index in [4.69, 9.17) is 9.47 Å². The molecule has 13 heteroatoms. The molecule has 0 radical (unpaired) electrons. The molecule has 60 heavy (non-hydrogen) atoms. The summed E-state index contributed by atoms with van der Waals surface area (Å²) in [6.07, 6.45) is 9.03. The molecule has 0 spiro atoms. The minimum Gasteiger partial charge on any atom is -0.460 e. The number of Topliss-reactive ketones (excluding diaryl/α,β-unsaturated/α-hetero) is 3. The van der Waals surface area contributed by atoms with Gasteiger partial charge in [-0.2, -0.15) is 0 Å². The Morgan fingerprint density at radius 1 is 0.800 bits per heavy atom. The molecular formula is C47H71NO12. The Bertz CT molecular complexity index is 1650. The van der Waals surface area contributed by atoms with E-state index in [1.54, 1.807) is 45.9 Å². The van der Waals surface area contributed by atoms with Crippen molar-refractivity contribution in [1.29, 1.82) is 0 Å². The molecule has 0 aromatic heterocycles. The highest BCUT2D eigenvalue weighted by molar-refractivity contribution is 6.39. The molecule has 336 valence electrons. The van der Waals surface area contributed by atoms with E-state index >= 15 is 0 Å². The van der Waals surface area contributed by atoms with Crippen molar-refractivity contribution in [2.45, 2.75) is 174 Å². The number of esters is 1. The highest BCUT2D eigenvalue weighted by Crippen LogP contribution is 2.37. The van der Waals surface area contributed by atoms with Gasteiger partial charge in [-0.05, 0) is 101 Å². The third kappa shape index (κ3) is 13.1. The number of nitrogens with zero attached hydrogens (tertiary/aromatic N) is 1. The van der Waals surface area contributed by atoms with Crippen LogP contribution in [0.4, 0.5) is 0 Å². The van der Waals surface area contributed by atoms with Crippen molar-refractivity contribution in [2.75, 3.05) is 6.54 Å². The number of amides is 1. The van der Waals surface area contributed by atoms with E-state index in [9.17, 15) is 49.5 Å². The van der Waals surface area contributed by atoms with Crippen LogP contribution in [0.2, 0.25) is 0 Å². The zero-order chi connectivity index (χ0) is 44.5. The average molecular weight is 842 g/mol. The molecule has 14 atom stereocenters. The second kappa shape index (κ2) is 22.2. The molecule has 0 aromatic rings. The number of rotatable bonds is 3. The summed E-state index contributed by atoms with van der Waals surface area (Å²) in [4.78, 5) is 70.0. The maximum Gasteiger partial charge on any atom is 0.329 e. The molecule has 5 N–H and O–H groups in total. The summed E-state index contributed by atoms with van der Waals surface area (Å²) in [5, 5.41) is 54.2. The lowest BCUT2D eigenvalue weighted by molar-refractivity contribution is -0.265. The molecule has 3 fully saturated rings. The fourth-order valence-corrected chi connectivity index (χ4v) is 9.11. The van der Waals surface area contributed by atoms with Crippen LogP contribution in [-0.4, -0.2) is 115 Å². The van der Waals surface area contributed by atoms with Gasteiger partial charge in [-0.25, -0.2) is 4.79 Å². The number of cyclic esters (lactones) is 1. The van der Waals surface area contributed by atoms with Gasteiger partial charge < -0.3 is 39.9 Å². The Kier molecular flexibility index (Phi) is 18.2. The summed E-state index contributed by atoms with van der Waals surface area (Å²) in [7, 11) is 0. The Balaban J connectivity index is 1.63. The van der Waals surface area contributed by atoms with Crippen molar-refractivity contribution in [3.63, 3.8) is 0 Å². The van der Waals surface area contributed by atoms with Crippen LogP contribution in [0, 0.1) is 35.5 Å². The maximum atomic E-state index is 14.0. The van der Waals surface area contributed by atoms with Crippen LogP contribution in [-0.2, 0) is 33.4 Å². The van der Waals surface area contributed by atoms with Crippen LogP contribution >= 0.6 is 0 Å². The second-order valence-corrected chi connectivity index (χ2v) is 18.5. The van der Waals surface area contributed by atoms with E-state index in [0.717, 1.165) is 4.90 Å². The summed E-state index contributed by atoms with van der Waals surface area (Å²) in [5.74, 6) is -7.98. The monoisotopic (exact) mass is 841 g/mol. The minimum absolute atomic E-state index is 0.00224. The van der Waals surface area contributed by atoms with Gasteiger partial charge in [0.2, 0.25) is 5.79 Å². The first-order valence-electron chi connectivity index (χ1n) is 22.1. The predicted octanol–water partition coefficient (Wildman–Crippen LogP) is 4.86. The van der Waals surface area contributed by atoms with Gasteiger partial charge >= 0.3 is 5.97 Å². The normalized spacial score (nSPS) is 41.3. The largest absolute Gasteiger partial charge is 0.460 e. The number of ether oxygens (including phenoxy) is 2. The number of carbonyl (C=O) groups is 5. The third-order valence-corrected chi connectivity index (χ3v) is 13.4. The van der Waals surface area contributed by atoms with Gasteiger partial charge in [-0.1, -0.05) is 71.1 Å². The van der Waals surface area contributed by atoms with Crippen LogP contribution in [0.3, 0.4) is 0 Å². The molecule has 3 aliphatic heterocycles. The molecule has 2 bridgehead atoms. The fraction of sp³-hybridized carbons (Fsp3) is 0.723. The molecule has 1 aliphatic carbocycles. The SMILES string of the molecule is C/C1=C\[C@@H](C)C(=O)C[C@@H]([C@H](C)C[C@@H]2CC[C@@H](O)[C@H](O)C2)OC(=O)C2CCCN2C(=O)C(=O)[C@]2(O)O[C@@H](CC[C@H]2C)C[C@H](O)/C(C)=C/C=C/C=C/[C@@H](C)C[C@@H](C)C(=O)C[C@@H]1O. The van der Waals surface area contributed by atoms with Crippen molar-refractivity contribution in [2.24, 2.45) is 35.5 Å². The lowest BCUT2D eigenvalue weighted by Gasteiger charge is -2.41. The Labute approximate surface area is 356 Å². The van der Waals surface area contributed by atoms with Crippen LogP contribution in [0.1, 0.15) is 126 Å². The number of ketones is 3. The average Bonchev–Trinajstić information content (AvgIpc) is 3.69. The van der Waals surface area contributed by atoms with Crippen molar-refractivity contribution >= 4 is 29.2 Å². The number of hydrogen-bond donors (Lipinski definition) is 5. The summed E-state index contributed by atoms with van der Waals surface area (Å²) < 4.78 is 12.1. The van der Waals surface area contributed by atoms with Crippen molar-refractivity contribution < 1.29 is 59.0 Å². The number of aliphatic hydroxyl groups is 5. The molecule has 4 rings (SSSR count). The van der Waals surface area contributed by atoms with Crippen molar-refractivity contribution in [1.82, 2.24) is 4.90 Å². The first-order valence-corrected chi connectivity index (χ1v) is 22.1. The van der Waals surface area contributed by atoms with E-state index < -0.39 is 77.9 Å². The highest BCUT2D eigenvalue weighted by atomic mass is 16.6.